The molecule has 0 saturated heterocycles. The quantitative estimate of drug-likeness (QED) is 0.791. The number of nitrogens with one attached hydrogen (secondary N) is 1. The molecule has 1 aliphatic rings. The lowest BCUT2D eigenvalue weighted by molar-refractivity contribution is -0.137. The molecule has 8 heteroatoms. The number of hydrogen-bond donors (Lipinski definition) is 2. The Morgan fingerprint density at radius 3 is 2.50 bits per heavy atom. The standard InChI is InChI=1S/C16H16ClF3N2O2/c17-12-4-2-10(8-11(12)16(18,19)20)3-5-14(24)22-15(6-1-7-15)9-13(21)23/h2-5,8H,1,6-7,9H2,(H2,21,23)(H,22,24). The zero-order valence-corrected chi connectivity index (χ0v) is 13.4. The monoisotopic (exact) mass is 360 g/mol. The van der Waals surface area contributed by atoms with Crippen LogP contribution in [0, 0.1) is 0 Å². The topological polar surface area (TPSA) is 72.2 Å². The SMILES string of the molecule is NC(=O)CC1(NC(=O)C=Cc2ccc(Cl)c(C(F)(F)F)c2)CCC1. The van der Waals surface area contributed by atoms with E-state index in [0.717, 1.165) is 24.6 Å². The molecule has 24 heavy (non-hydrogen) atoms. The number of carbonyl (C=O) groups is 2. The molecule has 0 radical (unpaired) electrons. The van der Waals surface area contributed by atoms with Crippen molar-refractivity contribution in [1.29, 1.82) is 0 Å². The second-order valence-electron chi connectivity index (χ2n) is 5.84. The maximum absolute atomic E-state index is 12.8. The van der Waals surface area contributed by atoms with E-state index in [-0.39, 0.29) is 12.0 Å². The number of rotatable bonds is 5. The molecule has 1 fully saturated rings. The highest BCUT2D eigenvalue weighted by molar-refractivity contribution is 6.31. The normalized spacial score (nSPS) is 16.7. The van der Waals surface area contributed by atoms with Crippen LogP contribution in [0.25, 0.3) is 6.08 Å². The summed E-state index contributed by atoms with van der Waals surface area (Å²) in [5, 5.41) is 2.31. The van der Waals surface area contributed by atoms with E-state index >= 15 is 0 Å². The van der Waals surface area contributed by atoms with Crippen molar-refractivity contribution in [2.45, 2.75) is 37.4 Å². The van der Waals surface area contributed by atoms with E-state index < -0.39 is 34.1 Å². The van der Waals surface area contributed by atoms with Crippen LogP contribution < -0.4 is 11.1 Å². The molecule has 0 spiro atoms. The largest absolute Gasteiger partial charge is 0.417 e. The Morgan fingerprint density at radius 1 is 1.33 bits per heavy atom. The van der Waals surface area contributed by atoms with E-state index in [4.69, 9.17) is 17.3 Å². The van der Waals surface area contributed by atoms with Gasteiger partial charge in [0.05, 0.1) is 10.6 Å². The number of amides is 2. The Bertz CT molecular complexity index is 682. The first kappa shape index (κ1) is 18.3. The Balaban J connectivity index is 2.08. The van der Waals surface area contributed by atoms with Crippen LogP contribution in [0.5, 0.6) is 0 Å². The van der Waals surface area contributed by atoms with Gasteiger partial charge in [-0.2, -0.15) is 13.2 Å². The molecule has 1 aromatic rings. The van der Waals surface area contributed by atoms with Gasteiger partial charge >= 0.3 is 6.18 Å². The highest BCUT2D eigenvalue weighted by atomic mass is 35.5. The van der Waals surface area contributed by atoms with Crippen LogP contribution in [0.2, 0.25) is 5.02 Å². The number of nitrogens with two attached hydrogens (primary N) is 1. The van der Waals surface area contributed by atoms with Gasteiger partial charge in [-0.25, -0.2) is 0 Å². The number of alkyl halides is 3. The van der Waals surface area contributed by atoms with Gasteiger partial charge in [-0.1, -0.05) is 17.7 Å². The van der Waals surface area contributed by atoms with Gasteiger partial charge in [-0.15, -0.1) is 0 Å². The third kappa shape index (κ3) is 4.50. The van der Waals surface area contributed by atoms with E-state index in [9.17, 15) is 22.8 Å². The molecule has 0 aromatic heterocycles. The van der Waals surface area contributed by atoms with Crippen LogP contribution in [0.3, 0.4) is 0 Å². The van der Waals surface area contributed by atoms with Gasteiger partial charge in [-0.3, -0.25) is 9.59 Å². The average Bonchev–Trinajstić information content (AvgIpc) is 2.42. The Hall–Kier alpha value is -2.02. The van der Waals surface area contributed by atoms with Gasteiger partial charge in [0.15, 0.2) is 0 Å². The first-order chi connectivity index (χ1) is 11.1. The van der Waals surface area contributed by atoms with Gasteiger partial charge in [0, 0.05) is 18.0 Å². The predicted molar refractivity (Wildman–Crippen MR) is 84.0 cm³/mol. The van der Waals surface area contributed by atoms with Gasteiger partial charge in [0.25, 0.3) is 0 Å². The fourth-order valence-electron chi connectivity index (χ4n) is 2.62. The van der Waals surface area contributed by atoms with Crippen LogP contribution in [0.15, 0.2) is 24.3 Å². The summed E-state index contributed by atoms with van der Waals surface area (Å²) >= 11 is 5.54. The molecule has 130 valence electrons. The first-order valence-electron chi connectivity index (χ1n) is 7.27. The fourth-order valence-corrected chi connectivity index (χ4v) is 2.85. The van der Waals surface area contributed by atoms with Crippen LogP contribution in [-0.4, -0.2) is 17.4 Å². The molecule has 0 unspecified atom stereocenters. The lowest BCUT2D eigenvalue weighted by Crippen LogP contribution is -2.55. The minimum Gasteiger partial charge on any atom is -0.370 e. The van der Waals surface area contributed by atoms with Crippen molar-refractivity contribution in [3.05, 3.63) is 40.4 Å². The third-order valence-electron chi connectivity index (χ3n) is 3.93. The molecule has 1 saturated carbocycles. The van der Waals surface area contributed by atoms with E-state index in [1.165, 1.54) is 12.1 Å². The summed E-state index contributed by atoms with van der Waals surface area (Å²) in [6, 6.07) is 3.38. The molecule has 0 aliphatic heterocycles. The molecule has 0 bridgehead atoms. The molecule has 0 heterocycles. The van der Waals surface area contributed by atoms with Gasteiger partial charge in [0.1, 0.15) is 0 Å². The predicted octanol–water partition coefficient (Wildman–Crippen LogP) is 3.29. The van der Waals surface area contributed by atoms with Crippen molar-refractivity contribution in [3.63, 3.8) is 0 Å². The molecule has 1 aliphatic carbocycles. The molecular weight excluding hydrogens is 345 g/mol. The Kier molecular flexibility index (Phi) is 5.22. The van der Waals surface area contributed by atoms with Crippen molar-refractivity contribution < 1.29 is 22.8 Å². The highest BCUT2D eigenvalue weighted by Crippen LogP contribution is 2.36. The molecule has 0 atom stereocenters. The van der Waals surface area contributed by atoms with Crippen LogP contribution in [-0.2, 0) is 15.8 Å². The van der Waals surface area contributed by atoms with Gasteiger partial charge < -0.3 is 11.1 Å². The van der Waals surface area contributed by atoms with Crippen molar-refractivity contribution in [1.82, 2.24) is 5.32 Å². The number of halogens is 4. The number of hydrogen-bond acceptors (Lipinski definition) is 2. The van der Waals surface area contributed by atoms with Crippen LogP contribution in [0.1, 0.15) is 36.8 Å². The van der Waals surface area contributed by atoms with Crippen molar-refractivity contribution >= 4 is 29.5 Å². The van der Waals surface area contributed by atoms with Crippen molar-refractivity contribution in [2.24, 2.45) is 5.73 Å². The van der Waals surface area contributed by atoms with Crippen LogP contribution >= 0.6 is 11.6 Å². The van der Waals surface area contributed by atoms with Crippen LogP contribution in [0.4, 0.5) is 13.2 Å². The van der Waals surface area contributed by atoms with E-state index in [1.54, 1.807) is 0 Å². The van der Waals surface area contributed by atoms with Crippen molar-refractivity contribution in [2.75, 3.05) is 0 Å². The summed E-state index contributed by atoms with van der Waals surface area (Å²) in [5.41, 5.74) is 3.77. The lowest BCUT2D eigenvalue weighted by Gasteiger charge is -2.41. The zero-order chi connectivity index (χ0) is 18.0. The number of carbonyl (C=O) groups excluding carboxylic acids is 2. The second kappa shape index (κ2) is 6.84. The minimum atomic E-state index is -4.57. The maximum Gasteiger partial charge on any atom is 0.417 e. The maximum atomic E-state index is 12.8. The molecular formula is C16H16ClF3N2O2. The molecule has 4 nitrogen and oxygen atoms in total. The van der Waals surface area contributed by atoms with E-state index in [0.29, 0.717) is 12.8 Å². The molecule has 1 aromatic carbocycles. The van der Waals surface area contributed by atoms with Gasteiger partial charge in [0.2, 0.25) is 11.8 Å². The lowest BCUT2D eigenvalue weighted by atomic mass is 9.74. The zero-order valence-electron chi connectivity index (χ0n) is 12.6. The number of benzene rings is 1. The Labute approximate surface area is 141 Å². The average molecular weight is 361 g/mol. The summed E-state index contributed by atoms with van der Waals surface area (Å²) in [4.78, 5) is 23.0. The second-order valence-corrected chi connectivity index (χ2v) is 6.24. The smallest absolute Gasteiger partial charge is 0.370 e. The molecule has 3 N–H and O–H groups in total. The molecule has 2 rings (SSSR count). The highest BCUT2D eigenvalue weighted by Gasteiger charge is 2.39. The summed E-state index contributed by atoms with van der Waals surface area (Å²) in [6.45, 7) is 0. The summed E-state index contributed by atoms with van der Waals surface area (Å²) in [5.74, 6) is -0.994. The van der Waals surface area contributed by atoms with E-state index in [1.807, 2.05) is 0 Å². The summed E-state index contributed by atoms with van der Waals surface area (Å²) < 4.78 is 38.4. The summed E-state index contributed by atoms with van der Waals surface area (Å²) in [7, 11) is 0. The Morgan fingerprint density at radius 2 is 2.00 bits per heavy atom. The third-order valence-corrected chi connectivity index (χ3v) is 4.26. The summed E-state index contributed by atoms with van der Waals surface area (Å²) in [6.07, 6.45) is 0.0428. The first-order valence-corrected chi connectivity index (χ1v) is 7.64. The van der Waals surface area contributed by atoms with Crippen molar-refractivity contribution in [3.8, 4) is 0 Å². The van der Waals surface area contributed by atoms with E-state index in [2.05, 4.69) is 5.32 Å². The fraction of sp³-hybridized carbons (Fsp3) is 0.375. The minimum absolute atomic E-state index is 0.0474. The van der Waals surface area contributed by atoms with Gasteiger partial charge in [-0.05, 0) is 43.0 Å². The molecule has 2 amide bonds. The number of primary amides is 1.